The Bertz CT molecular complexity index is 1210. The number of anilines is 3. The van der Waals surface area contributed by atoms with Crippen molar-refractivity contribution in [2.75, 3.05) is 11.1 Å². The number of nitrogens with two attached hydrogens (primary N) is 1. The first-order valence-corrected chi connectivity index (χ1v) is 8.91. The van der Waals surface area contributed by atoms with Gasteiger partial charge < -0.3 is 11.1 Å². The van der Waals surface area contributed by atoms with E-state index in [-0.39, 0.29) is 10.7 Å². The predicted molar refractivity (Wildman–Crippen MR) is 109 cm³/mol. The summed E-state index contributed by atoms with van der Waals surface area (Å²) in [6, 6.07) is 8.17. The van der Waals surface area contributed by atoms with E-state index in [2.05, 4.69) is 20.4 Å². The predicted octanol–water partition coefficient (Wildman–Crippen LogP) is 4.80. The summed E-state index contributed by atoms with van der Waals surface area (Å²) in [5.41, 5.74) is 8.86. The summed E-state index contributed by atoms with van der Waals surface area (Å²) in [4.78, 5) is 8.52. The lowest BCUT2D eigenvalue weighted by atomic mass is 10.1. The molecule has 0 saturated carbocycles. The van der Waals surface area contributed by atoms with Crippen molar-refractivity contribution in [3.8, 4) is 22.3 Å². The van der Waals surface area contributed by atoms with Gasteiger partial charge in [0.25, 0.3) is 0 Å². The lowest BCUT2D eigenvalue weighted by Gasteiger charge is -2.11. The third kappa shape index (κ3) is 4.02. The van der Waals surface area contributed by atoms with E-state index in [0.717, 1.165) is 17.2 Å². The van der Waals surface area contributed by atoms with E-state index in [1.54, 1.807) is 29.2 Å². The molecule has 4 rings (SSSR count). The number of benzene rings is 1. The number of rotatable bonds is 4. The summed E-state index contributed by atoms with van der Waals surface area (Å²) >= 11 is 6.09. The first-order valence-electron chi connectivity index (χ1n) is 8.53. The molecular formula is C20H15ClF2N6. The average molecular weight is 413 g/mol. The molecule has 0 aliphatic carbocycles. The average Bonchev–Trinajstić information content (AvgIpc) is 3.09. The van der Waals surface area contributed by atoms with Gasteiger partial charge >= 0.3 is 0 Å². The van der Waals surface area contributed by atoms with Crippen molar-refractivity contribution >= 4 is 28.9 Å². The van der Waals surface area contributed by atoms with Crippen molar-refractivity contribution in [1.82, 2.24) is 19.7 Å². The molecule has 0 fully saturated rings. The molecule has 0 saturated heterocycles. The van der Waals surface area contributed by atoms with Crippen LogP contribution in [0.1, 0.15) is 0 Å². The third-order valence-electron chi connectivity index (χ3n) is 4.24. The Morgan fingerprint density at radius 2 is 1.86 bits per heavy atom. The molecule has 0 aliphatic rings. The standard InChI is InChI=1S/C20H15ClF2N6/c1-29-10-13(9-26-29)12-4-17(24)20(25-8-12)28-19-6-11(5-18(21)27-19)15-3-2-14(22)7-16(15)23/h2-10H,24H2,1H3,(H,25,27,28). The number of nitrogens with one attached hydrogen (secondary N) is 1. The normalized spacial score (nSPS) is 10.9. The maximum absolute atomic E-state index is 14.1. The zero-order valence-corrected chi connectivity index (χ0v) is 16.0. The minimum Gasteiger partial charge on any atom is -0.396 e. The van der Waals surface area contributed by atoms with Crippen LogP contribution >= 0.6 is 11.6 Å². The first-order chi connectivity index (χ1) is 13.9. The van der Waals surface area contributed by atoms with Crippen LogP contribution in [0.5, 0.6) is 0 Å². The molecule has 1 aromatic carbocycles. The quantitative estimate of drug-likeness (QED) is 0.470. The topological polar surface area (TPSA) is 81.7 Å². The van der Waals surface area contributed by atoms with Gasteiger partial charge in [0.2, 0.25) is 0 Å². The molecule has 3 heterocycles. The highest BCUT2D eigenvalue weighted by atomic mass is 35.5. The fourth-order valence-corrected chi connectivity index (χ4v) is 3.08. The zero-order valence-electron chi connectivity index (χ0n) is 15.2. The zero-order chi connectivity index (χ0) is 20.5. The molecule has 0 spiro atoms. The van der Waals surface area contributed by atoms with E-state index in [0.29, 0.717) is 22.9 Å². The summed E-state index contributed by atoms with van der Waals surface area (Å²) < 4.78 is 29.0. The second-order valence-corrected chi connectivity index (χ2v) is 6.76. The Hall–Kier alpha value is -3.52. The van der Waals surface area contributed by atoms with Gasteiger partial charge in [-0.1, -0.05) is 11.6 Å². The third-order valence-corrected chi connectivity index (χ3v) is 4.43. The highest BCUT2D eigenvalue weighted by molar-refractivity contribution is 6.29. The Morgan fingerprint density at radius 1 is 1.03 bits per heavy atom. The second kappa shape index (κ2) is 7.48. The van der Waals surface area contributed by atoms with Gasteiger partial charge in [-0.05, 0) is 35.9 Å². The van der Waals surface area contributed by atoms with Gasteiger partial charge in [-0.15, -0.1) is 0 Å². The van der Waals surface area contributed by atoms with Gasteiger partial charge in [-0.2, -0.15) is 5.10 Å². The summed E-state index contributed by atoms with van der Waals surface area (Å²) in [7, 11) is 1.82. The lowest BCUT2D eigenvalue weighted by molar-refractivity contribution is 0.585. The Kier molecular flexibility index (Phi) is 4.85. The van der Waals surface area contributed by atoms with Gasteiger partial charge in [0.05, 0.1) is 11.9 Å². The highest BCUT2D eigenvalue weighted by Crippen LogP contribution is 2.30. The van der Waals surface area contributed by atoms with E-state index < -0.39 is 11.6 Å². The van der Waals surface area contributed by atoms with Crippen LogP contribution in [0.25, 0.3) is 22.3 Å². The van der Waals surface area contributed by atoms with Crippen molar-refractivity contribution in [2.45, 2.75) is 0 Å². The summed E-state index contributed by atoms with van der Waals surface area (Å²) in [5, 5.41) is 7.25. The fourth-order valence-electron chi connectivity index (χ4n) is 2.88. The highest BCUT2D eigenvalue weighted by Gasteiger charge is 2.12. The minimum atomic E-state index is -0.698. The molecule has 0 radical (unpaired) electrons. The maximum atomic E-state index is 14.1. The first kappa shape index (κ1) is 18.8. The van der Waals surface area contributed by atoms with Crippen LogP contribution < -0.4 is 11.1 Å². The van der Waals surface area contributed by atoms with E-state index in [1.807, 2.05) is 13.2 Å². The Morgan fingerprint density at radius 3 is 2.55 bits per heavy atom. The number of hydrogen-bond acceptors (Lipinski definition) is 5. The van der Waals surface area contributed by atoms with Crippen molar-refractivity contribution in [2.24, 2.45) is 7.05 Å². The second-order valence-electron chi connectivity index (χ2n) is 6.38. The van der Waals surface area contributed by atoms with Gasteiger partial charge in [-0.3, -0.25) is 4.68 Å². The monoisotopic (exact) mass is 412 g/mol. The van der Waals surface area contributed by atoms with Gasteiger partial charge in [0, 0.05) is 42.2 Å². The molecule has 3 aromatic heterocycles. The molecule has 6 nitrogen and oxygen atoms in total. The van der Waals surface area contributed by atoms with Crippen LogP contribution in [0.3, 0.4) is 0 Å². The smallest absolute Gasteiger partial charge is 0.154 e. The van der Waals surface area contributed by atoms with Crippen molar-refractivity contribution in [3.63, 3.8) is 0 Å². The molecule has 146 valence electrons. The van der Waals surface area contributed by atoms with E-state index in [1.165, 1.54) is 18.2 Å². The summed E-state index contributed by atoms with van der Waals surface area (Å²) in [6.07, 6.45) is 5.22. The largest absolute Gasteiger partial charge is 0.396 e. The molecule has 9 heteroatoms. The number of hydrogen-bond donors (Lipinski definition) is 2. The summed E-state index contributed by atoms with van der Waals surface area (Å²) in [5.74, 6) is -0.658. The van der Waals surface area contributed by atoms with Gasteiger partial charge in [-0.25, -0.2) is 18.7 Å². The molecule has 0 unspecified atom stereocenters. The molecule has 0 aliphatic heterocycles. The fraction of sp³-hybridized carbons (Fsp3) is 0.0500. The molecule has 29 heavy (non-hydrogen) atoms. The van der Waals surface area contributed by atoms with Crippen molar-refractivity contribution < 1.29 is 8.78 Å². The molecule has 0 atom stereocenters. The molecule has 4 aromatic rings. The van der Waals surface area contributed by atoms with Crippen LogP contribution in [0.15, 0.2) is 55.0 Å². The van der Waals surface area contributed by atoms with Crippen molar-refractivity contribution in [1.29, 1.82) is 0 Å². The summed E-state index contributed by atoms with van der Waals surface area (Å²) in [6.45, 7) is 0. The van der Waals surface area contributed by atoms with Crippen LogP contribution in [-0.2, 0) is 7.05 Å². The van der Waals surface area contributed by atoms with Crippen LogP contribution in [0.4, 0.5) is 26.1 Å². The molecule has 0 amide bonds. The molecule has 3 N–H and O–H groups in total. The molecule has 0 bridgehead atoms. The van der Waals surface area contributed by atoms with E-state index in [4.69, 9.17) is 17.3 Å². The Labute approximate surface area is 170 Å². The van der Waals surface area contributed by atoms with Crippen LogP contribution in [0, 0.1) is 11.6 Å². The SMILES string of the molecule is Cn1cc(-c2cnc(Nc3cc(-c4ccc(F)cc4F)cc(Cl)n3)c(N)c2)cn1. The number of pyridine rings is 2. The van der Waals surface area contributed by atoms with Crippen LogP contribution in [0.2, 0.25) is 5.15 Å². The number of aryl methyl sites for hydroxylation is 1. The van der Waals surface area contributed by atoms with E-state index >= 15 is 0 Å². The van der Waals surface area contributed by atoms with Gasteiger partial charge in [0.15, 0.2) is 5.82 Å². The number of halogens is 3. The molecular weight excluding hydrogens is 398 g/mol. The lowest BCUT2D eigenvalue weighted by Crippen LogP contribution is -2.01. The van der Waals surface area contributed by atoms with E-state index in [9.17, 15) is 8.78 Å². The van der Waals surface area contributed by atoms with Crippen molar-refractivity contribution in [3.05, 3.63) is 71.8 Å². The minimum absolute atomic E-state index is 0.138. The maximum Gasteiger partial charge on any atom is 0.154 e. The van der Waals surface area contributed by atoms with Crippen LogP contribution in [-0.4, -0.2) is 19.7 Å². The number of aromatic nitrogens is 4. The van der Waals surface area contributed by atoms with Gasteiger partial charge in [0.1, 0.15) is 22.6 Å². The number of nitrogens with zero attached hydrogens (tertiary/aromatic N) is 4. The number of nitrogen functional groups attached to an aromatic ring is 1. The Balaban J connectivity index is 1.65.